The maximum atomic E-state index is 6.37. The average molecular weight is 795 g/mol. The molecule has 0 atom stereocenters. The number of hydrogen-bond acceptors (Lipinski definition) is 4. The average Bonchev–Trinajstić information content (AvgIpc) is 3.93. The standard InChI is InChI=1S/C55H46N4O2/c1-5-21-49-43(15-1)44-16-2-6-22-50(44)58(49)35-9-11-37-60-41-29-25-39(26-30-41)55(47-19-13-33-56-53(47)54-48(55)20-14-34-57-54)40-27-31-42(32-28-40)61-38-12-10-36-59-51-23-7-3-17-45(51)46-18-4-8-24-52(46)59/h1-8,13-34H,9-12,35-38H2. The molecule has 10 aromatic rings. The number of ether oxygens (including phenoxy) is 2. The Balaban J connectivity index is 0.791. The molecule has 0 bridgehead atoms. The van der Waals surface area contributed by atoms with Crippen LogP contribution in [-0.2, 0) is 18.5 Å². The second-order valence-electron chi connectivity index (χ2n) is 16.1. The van der Waals surface area contributed by atoms with Gasteiger partial charge < -0.3 is 18.6 Å². The first kappa shape index (κ1) is 36.9. The number of aromatic nitrogens is 4. The Morgan fingerprint density at radius 1 is 0.377 bits per heavy atom. The Hall–Kier alpha value is -7.18. The third-order valence-corrected chi connectivity index (χ3v) is 12.7. The summed E-state index contributed by atoms with van der Waals surface area (Å²) in [5.74, 6) is 1.74. The zero-order valence-corrected chi connectivity index (χ0v) is 34.1. The number of para-hydroxylation sites is 4. The molecule has 0 saturated carbocycles. The summed E-state index contributed by atoms with van der Waals surface area (Å²) in [5, 5.41) is 5.25. The Morgan fingerprint density at radius 2 is 0.738 bits per heavy atom. The van der Waals surface area contributed by atoms with E-state index in [4.69, 9.17) is 19.4 Å². The van der Waals surface area contributed by atoms with Crippen LogP contribution in [0.1, 0.15) is 47.9 Å². The van der Waals surface area contributed by atoms with E-state index in [1.807, 2.05) is 24.5 Å². The minimum absolute atomic E-state index is 0.602. The second kappa shape index (κ2) is 15.8. The molecular weight excluding hydrogens is 749 g/mol. The van der Waals surface area contributed by atoms with Crippen LogP contribution in [0.2, 0.25) is 0 Å². The lowest BCUT2D eigenvalue weighted by Gasteiger charge is -2.33. The van der Waals surface area contributed by atoms with Gasteiger partial charge in [-0.2, -0.15) is 0 Å². The van der Waals surface area contributed by atoms with E-state index < -0.39 is 5.41 Å². The van der Waals surface area contributed by atoms with E-state index in [0.717, 1.165) is 83.9 Å². The fourth-order valence-electron chi connectivity index (χ4n) is 9.94. The first-order valence-electron chi connectivity index (χ1n) is 21.6. The van der Waals surface area contributed by atoms with E-state index in [0.29, 0.717) is 13.2 Å². The Morgan fingerprint density at radius 3 is 1.11 bits per heavy atom. The van der Waals surface area contributed by atoms with Crippen molar-refractivity contribution >= 4 is 43.6 Å². The van der Waals surface area contributed by atoms with Gasteiger partial charge in [0.2, 0.25) is 0 Å². The third-order valence-electron chi connectivity index (χ3n) is 12.7. The summed E-state index contributed by atoms with van der Waals surface area (Å²) in [5.41, 5.74) is 10.9. The molecule has 0 spiro atoms. The number of benzene rings is 6. The third kappa shape index (κ3) is 6.33. The van der Waals surface area contributed by atoms with Gasteiger partial charge in [0.15, 0.2) is 0 Å². The van der Waals surface area contributed by atoms with Gasteiger partial charge in [0.1, 0.15) is 11.5 Å². The number of fused-ring (bicyclic) bond motifs is 9. The molecule has 6 aromatic carbocycles. The fraction of sp³-hybridized carbons (Fsp3) is 0.164. The predicted octanol–water partition coefficient (Wildman–Crippen LogP) is 12.8. The minimum Gasteiger partial charge on any atom is -0.494 e. The largest absolute Gasteiger partial charge is 0.494 e. The van der Waals surface area contributed by atoms with Crippen LogP contribution in [0.25, 0.3) is 55.0 Å². The molecule has 298 valence electrons. The van der Waals surface area contributed by atoms with Crippen LogP contribution < -0.4 is 9.47 Å². The lowest BCUT2D eigenvalue weighted by molar-refractivity contribution is 0.303. The topological polar surface area (TPSA) is 54.1 Å². The van der Waals surface area contributed by atoms with E-state index in [2.05, 4.69) is 167 Å². The molecule has 6 heteroatoms. The van der Waals surface area contributed by atoms with Gasteiger partial charge in [0, 0.05) is 69.1 Å². The maximum Gasteiger partial charge on any atom is 0.119 e. The molecule has 0 aliphatic heterocycles. The number of hydrogen-bond donors (Lipinski definition) is 0. The summed E-state index contributed by atoms with van der Waals surface area (Å²) in [7, 11) is 0. The smallest absolute Gasteiger partial charge is 0.119 e. The highest BCUT2D eigenvalue weighted by molar-refractivity contribution is 6.08. The molecular formula is C55H46N4O2. The van der Waals surface area contributed by atoms with Crippen molar-refractivity contribution in [2.45, 2.75) is 44.2 Å². The summed E-state index contributed by atoms with van der Waals surface area (Å²) in [6.45, 7) is 3.21. The van der Waals surface area contributed by atoms with Gasteiger partial charge in [-0.1, -0.05) is 109 Å². The molecule has 4 heterocycles. The number of pyridine rings is 2. The molecule has 0 amide bonds. The van der Waals surface area contributed by atoms with Crippen molar-refractivity contribution in [3.63, 3.8) is 0 Å². The second-order valence-corrected chi connectivity index (χ2v) is 16.1. The first-order chi connectivity index (χ1) is 30.3. The number of rotatable bonds is 14. The van der Waals surface area contributed by atoms with Crippen molar-refractivity contribution in [3.05, 3.63) is 205 Å². The van der Waals surface area contributed by atoms with Crippen molar-refractivity contribution in [2.75, 3.05) is 13.2 Å². The molecule has 0 N–H and O–H groups in total. The Kier molecular flexibility index (Phi) is 9.53. The van der Waals surface area contributed by atoms with Gasteiger partial charge in [-0.25, -0.2) is 0 Å². The molecule has 4 aromatic heterocycles. The number of aryl methyl sites for hydroxylation is 2. The molecule has 61 heavy (non-hydrogen) atoms. The number of unbranched alkanes of at least 4 members (excludes halogenated alkanes) is 2. The molecule has 1 aliphatic carbocycles. The molecule has 6 nitrogen and oxygen atoms in total. The van der Waals surface area contributed by atoms with Crippen LogP contribution in [0.4, 0.5) is 0 Å². The molecule has 11 rings (SSSR count). The van der Waals surface area contributed by atoms with Crippen molar-refractivity contribution in [1.29, 1.82) is 0 Å². The molecule has 0 unspecified atom stereocenters. The Bertz CT molecular complexity index is 2840. The van der Waals surface area contributed by atoms with Gasteiger partial charge in [-0.05, 0) is 109 Å². The monoisotopic (exact) mass is 794 g/mol. The lowest BCUT2D eigenvalue weighted by Crippen LogP contribution is -2.28. The van der Waals surface area contributed by atoms with Gasteiger partial charge >= 0.3 is 0 Å². The van der Waals surface area contributed by atoms with Crippen LogP contribution in [0.5, 0.6) is 11.5 Å². The van der Waals surface area contributed by atoms with Crippen molar-refractivity contribution in [3.8, 4) is 22.9 Å². The van der Waals surface area contributed by atoms with E-state index in [9.17, 15) is 0 Å². The van der Waals surface area contributed by atoms with Gasteiger partial charge in [-0.3, -0.25) is 9.97 Å². The van der Waals surface area contributed by atoms with Crippen LogP contribution in [0.15, 0.2) is 182 Å². The summed E-state index contributed by atoms with van der Waals surface area (Å²) < 4.78 is 17.7. The number of nitrogens with zero attached hydrogens (tertiary/aromatic N) is 4. The summed E-state index contributed by atoms with van der Waals surface area (Å²) >= 11 is 0. The minimum atomic E-state index is -0.602. The van der Waals surface area contributed by atoms with E-state index in [1.165, 1.54) is 43.6 Å². The molecule has 0 fully saturated rings. The van der Waals surface area contributed by atoms with Crippen molar-refractivity contribution < 1.29 is 9.47 Å². The lowest BCUT2D eigenvalue weighted by atomic mass is 9.68. The summed E-state index contributed by atoms with van der Waals surface area (Å²) in [4.78, 5) is 9.77. The zero-order chi connectivity index (χ0) is 40.6. The summed E-state index contributed by atoms with van der Waals surface area (Å²) in [6, 6.07) is 60.6. The van der Waals surface area contributed by atoms with E-state index in [-0.39, 0.29) is 0 Å². The highest BCUT2D eigenvalue weighted by Gasteiger charge is 2.47. The SMILES string of the molecule is c1cnc2c(c1)C(c1ccc(OCCCCn3c4ccccc4c4ccccc43)cc1)(c1ccc(OCCCCn3c4ccccc4c4ccccc43)cc1)c1cccnc1-2. The zero-order valence-electron chi connectivity index (χ0n) is 34.1. The fourth-order valence-corrected chi connectivity index (χ4v) is 9.94. The van der Waals surface area contributed by atoms with Crippen molar-refractivity contribution in [2.24, 2.45) is 0 Å². The maximum absolute atomic E-state index is 6.37. The highest BCUT2D eigenvalue weighted by atomic mass is 16.5. The van der Waals surface area contributed by atoms with Crippen LogP contribution in [-0.4, -0.2) is 32.3 Å². The van der Waals surface area contributed by atoms with Gasteiger partial charge in [0.05, 0.1) is 30.0 Å². The molecule has 0 saturated heterocycles. The first-order valence-corrected chi connectivity index (χ1v) is 21.6. The quantitative estimate of drug-likeness (QED) is 0.103. The van der Waals surface area contributed by atoms with Gasteiger partial charge in [-0.15, -0.1) is 0 Å². The highest BCUT2D eigenvalue weighted by Crippen LogP contribution is 2.55. The van der Waals surface area contributed by atoms with Crippen LogP contribution in [0, 0.1) is 0 Å². The Labute approximate surface area is 355 Å². The van der Waals surface area contributed by atoms with Crippen molar-refractivity contribution in [1.82, 2.24) is 19.1 Å². The van der Waals surface area contributed by atoms with Gasteiger partial charge in [0.25, 0.3) is 0 Å². The van der Waals surface area contributed by atoms with E-state index in [1.54, 1.807) is 0 Å². The molecule has 1 aliphatic rings. The summed E-state index contributed by atoms with van der Waals surface area (Å²) in [6.07, 6.45) is 7.70. The normalized spacial score (nSPS) is 12.9. The van der Waals surface area contributed by atoms with E-state index >= 15 is 0 Å². The van der Waals surface area contributed by atoms with Crippen LogP contribution >= 0.6 is 0 Å². The predicted molar refractivity (Wildman–Crippen MR) is 248 cm³/mol. The van der Waals surface area contributed by atoms with Crippen LogP contribution in [0.3, 0.4) is 0 Å². The molecule has 0 radical (unpaired) electrons.